The molecule has 0 spiro atoms. The Labute approximate surface area is 461 Å². The number of nitrogens with two attached hydrogens (primary N) is 1. The number of carbonyl (C=O) groups is 8. The minimum atomic E-state index is -0.967. The Morgan fingerprint density at radius 3 is 2.14 bits per heavy atom. The Morgan fingerprint density at radius 1 is 0.846 bits per heavy atom. The van der Waals surface area contributed by atoms with Crippen LogP contribution in [-0.2, 0) is 56.0 Å². The zero-order valence-electron chi connectivity index (χ0n) is 47.5. The van der Waals surface area contributed by atoms with E-state index in [1.54, 1.807) is 48.1 Å². The number of methoxy groups -OCH3 is 2. The highest BCUT2D eigenvalue weighted by molar-refractivity contribution is 6.12. The van der Waals surface area contributed by atoms with Gasteiger partial charge in [-0.1, -0.05) is 96.3 Å². The van der Waals surface area contributed by atoms with E-state index in [0.29, 0.717) is 44.6 Å². The molecular formula is C59H87N9O10. The molecule has 1 aliphatic carbocycles. The van der Waals surface area contributed by atoms with Crippen LogP contribution in [0.5, 0.6) is 0 Å². The smallest absolute Gasteiger partial charge is 0.315 e. The zero-order chi connectivity index (χ0) is 56.8. The molecule has 3 heterocycles. The lowest BCUT2D eigenvalue weighted by molar-refractivity contribution is -0.153. The van der Waals surface area contributed by atoms with Gasteiger partial charge in [0.25, 0.3) is 11.8 Å². The van der Waals surface area contributed by atoms with Crippen molar-refractivity contribution in [3.8, 4) is 0 Å². The van der Waals surface area contributed by atoms with Gasteiger partial charge in [-0.2, -0.15) is 0 Å². The molecule has 0 aromatic heterocycles. The fourth-order valence-electron chi connectivity index (χ4n) is 13.0. The summed E-state index contributed by atoms with van der Waals surface area (Å²) in [5, 5.41) is 11.7. The number of hydrogen-bond donors (Lipinski definition) is 5. The fourth-order valence-corrected chi connectivity index (χ4v) is 13.0. The van der Waals surface area contributed by atoms with E-state index >= 15 is 0 Å². The van der Waals surface area contributed by atoms with Crippen molar-refractivity contribution in [2.75, 3.05) is 53.3 Å². The summed E-state index contributed by atoms with van der Waals surface area (Å²) >= 11 is 0. The van der Waals surface area contributed by atoms with E-state index in [4.69, 9.17) is 15.2 Å². The number of rotatable bonds is 29. The molecule has 428 valence electrons. The molecule has 6 rings (SSSR count). The summed E-state index contributed by atoms with van der Waals surface area (Å²) in [6.45, 7) is 11.6. The Hall–Kier alpha value is -6.18. The minimum Gasteiger partial charge on any atom is -0.379 e. The van der Waals surface area contributed by atoms with Crippen molar-refractivity contribution in [3.05, 3.63) is 77.9 Å². The van der Waals surface area contributed by atoms with Gasteiger partial charge in [0, 0.05) is 77.2 Å². The number of primary amides is 1. The van der Waals surface area contributed by atoms with E-state index in [0.717, 1.165) is 56.1 Å². The number of hydrogen-bond acceptors (Lipinski definition) is 11. The SMILES string of the molecule is CC[C@H](C)[C@@H]([C@@H](CC(=O)N1CCC[C@H]1[C@H](OC)[C@@H](C)C(=O)N[C@@H](Cc1ccccc1)C(=O)Nc1ccc(CNC(=O)NCCCCCCN2C(=O)C=CC2=O)cc1)OC)N(C)C(=O)[C@@H](C(C)C)C12CCC(C1)C(C(N)=O)N2C. The first-order chi connectivity index (χ1) is 37.3. The highest BCUT2D eigenvalue weighted by atomic mass is 16.5. The number of ether oxygens (including phenoxy) is 2. The van der Waals surface area contributed by atoms with E-state index in [1.807, 2.05) is 44.4 Å². The lowest BCUT2D eigenvalue weighted by atomic mass is 9.74. The van der Waals surface area contributed by atoms with E-state index < -0.39 is 65.6 Å². The molecule has 19 heteroatoms. The number of benzene rings is 2. The van der Waals surface area contributed by atoms with Gasteiger partial charge in [0.2, 0.25) is 29.5 Å². The van der Waals surface area contributed by atoms with Gasteiger partial charge in [0.05, 0.1) is 48.6 Å². The molecule has 19 nitrogen and oxygen atoms in total. The Balaban J connectivity index is 1.04. The van der Waals surface area contributed by atoms with E-state index in [9.17, 15) is 38.4 Å². The first kappa shape index (κ1) is 61.0. The molecule has 3 fully saturated rings. The van der Waals surface area contributed by atoms with Crippen LogP contribution in [0, 0.1) is 29.6 Å². The zero-order valence-corrected chi connectivity index (χ0v) is 47.5. The minimum absolute atomic E-state index is 0.00334. The van der Waals surface area contributed by atoms with Crippen LogP contribution in [0.15, 0.2) is 66.7 Å². The number of piperidine rings is 1. The van der Waals surface area contributed by atoms with Crippen molar-refractivity contribution in [1.82, 2.24) is 35.6 Å². The maximum absolute atomic E-state index is 15.0. The Kier molecular flexibility index (Phi) is 22.0. The van der Waals surface area contributed by atoms with Gasteiger partial charge in [-0.05, 0) is 93.0 Å². The largest absolute Gasteiger partial charge is 0.379 e. The van der Waals surface area contributed by atoms with Gasteiger partial charge >= 0.3 is 6.03 Å². The molecule has 9 amide bonds. The topological polar surface area (TPSA) is 242 Å². The summed E-state index contributed by atoms with van der Waals surface area (Å²) in [5.74, 6) is -3.06. The summed E-state index contributed by atoms with van der Waals surface area (Å²) in [6.07, 6.45) is 8.95. The van der Waals surface area contributed by atoms with E-state index in [2.05, 4.69) is 53.9 Å². The molecule has 11 atom stereocenters. The third-order valence-corrected chi connectivity index (χ3v) is 17.3. The van der Waals surface area contributed by atoms with E-state index in [-0.39, 0.29) is 72.7 Å². The molecule has 4 aliphatic rings. The van der Waals surface area contributed by atoms with Crippen LogP contribution in [-0.4, -0.2) is 157 Å². The number of fused-ring (bicyclic) bond motifs is 2. The highest BCUT2D eigenvalue weighted by Gasteiger charge is 2.62. The number of anilines is 1. The summed E-state index contributed by atoms with van der Waals surface area (Å²) in [6, 6.07) is 13.9. The normalized spacial score (nSPS) is 22.7. The van der Waals surface area contributed by atoms with Crippen molar-refractivity contribution in [2.24, 2.45) is 35.3 Å². The molecule has 2 aromatic carbocycles. The quantitative estimate of drug-likeness (QED) is 0.0526. The molecule has 2 bridgehead atoms. The van der Waals surface area contributed by atoms with Gasteiger partial charge in [-0.25, -0.2) is 4.79 Å². The first-order valence-electron chi connectivity index (χ1n) is 28.2. The van der Waals surface area contributed by atoms with Crippen LogP contribution in [0.4, 0.5) is 10.5 Å². The van der Waals surface area contributed by atoms with Gasteiger partial charge in [0.15, 0.2) is 0 Å². The predicted octanol–water partition coefficient (Wildman–Crippen LogP) is 5.17. The monoisotopic (exact) mass is 1080 g/mol. The van der Waals surface area contributed by atoms with Gasteiger partial charge in [-0.15, -0.1) is 0 Å². The number of unbranched alkanes of at least 4 members (excludes halogenated alkanes) is 3. The highest BCUT2D eigenvalue weighted by Crippen LogP contribution is 2.55. The number of amides is 9. The standard InChI is InChI=1S/C59H87N9O10/c1-10-38(4)51(65(6)57(75)50(37(2)3)59-29-28-42(35-59)52(54(60)72)66(59)7)46(77-8)34-49(71)67-32-18-21-45(67)53(78-9)39(5)55(73)64-44(33-40-19-14-13-15-20-40)56(74)63-43-24-22-41(23-25-43)36-62-58(76)61-30-16-11-12-17-31-68-47(69)26-27-48(68)70/h13-15,19-20,22-27,37-39,42,44-46,50-53H,10-12,16-18,21,28-36H2,1-9H3,(H2,60,72)(H,63,74)(H,64,73)(H2,61,62,76)/t38-,39+,42?,44-,45-,46+,50+,51-,52?,53+,59?/m0/s1. The molecule has 78 heavy (non-hydrogen) atoms. The molecular weight excluding hydrogens is 995 g/mol. The second-order valence-corrected chi connectivity index (χ2v) is 22.5. The van der Waals surface area contributed by atoms with Crippen LogP contribution in [0.3, 0.4) is 0 Å². The Morgan fingerprint density at radius 2 is 1.53 bits per heavy atom. The fraction of sp³-hybridized carbons (Fsp3) is 0.627. The van der Waals surface area contributed by atoms with Crippen molar-refractivity contribution < 1.29 is 47.8 Å². The van der Waals surface area contributed by atoms with Crippen molar-refractivity contribution in [2.45, 2.75) is 160 Å². The van der Waals surface area contributed by atoms with Crippen molar-refractivity contribution in [3.63, 3.8) is 0 Å². The third-order valence-electron chi connectivity index (χ3n) is 17.3. The van der Waals surface area contributed by atoms with Crippen molar-refractivity contribution >= 4 is 53.1 Å². The summed E-state index contributed by atoms with van der Waals surface area (Å²) in [5.41, 5.74) is 7.56. The number of likely N-dealkylation sites (N-methyl/N-ethyl adjacent to an activating group) is 2. The third kappa shape index (κ3) is 14.5. The predicted molar refractivity (Wildman–Crippen MR) is 297 cm³/mol. The number of nitrogens with one attached hydrogen (secondary N) is 4. The summed E-state index contributed by atoms with van der Waals surface area (Å²) in [4.78, 5) is 113. The number of likely N-dealkylation sites (tertiary alicyclic amines) is 2. The summed E-state index contributed by atoms with van der Waals surface area (Å²) < 4.78 is 12.3. The number of urea groups is 1. The van der Waals surface area contributed by atoms with Gasteiger partial charge in [-0.3, -0.25) is 43.4 Å². The average Bonchev–Trinajstić information content (AvgIpc) is 4.37. The van der Waals surface area contributed by atoms with Gasteiger partial charge in [0.1, 0.15) is 6.04 Å². The first-order valence-corrected chi connectivity index (χ1v) is 28.2. The van der Waals surface area contributed by atoms with Crippen LogP contribution < -0.4 is 27.0 Å². The number of imide groups is 1. The number of nitrogens with zero attached hydrogens (tertiary/aromatic N) is 4. The van der Waals surface area contributed by atoms with E-state index in [1.165, 1.54) is 24.2 Å². The second kappa shape index (κ2) is 28.1. The van der Waals surface area contributed by atoms with Crippen LogP contribution in [0.25, 0.3) is 0 Å². The molecule has 2 aromatic rings. The Bertz CT molecular complexity index is 2420. The lowest BCUT2D eigenvalue weighted by Gasteiger charge is -2.48. The number of carbonyl (C=O) groups excluding carboxylic acids is 8. The molecule has 0 radical (unpaired) electrons. The molecule has 3 unspecified atom stereocenters. The average molecular weight is 1080 g/mol. The summed E-state index contributed by atoms with van der Waals surface area (Å²) in [7, 11) is 6.87. The van der Waals surface area contributed by atoms with Crippen LogP contribution in [0.1, 0.15) is 116 Å². The molecule has 6 N–H and O–H groups in total. The molecule has 1 saturated carbocycles. The second-order valence-electron chi connectivity index (χ2n) is 22.5. The van der Waals surface area contributed by atoms with Gasteiger partial charge < -0.3 is 46.3 Å². The molecule has 2 saturated heterocycles. The maximum atomic E-state index is 15.0. The lowest BCUT2D eigenvalue weighted by Crippen LogP contribution is -2.61. The maximum Gasteiger partial charge on any atom is 0.315 e. The van der Waals surface area contributed by atoms with Crippen molar-refractivity contribution in [1.29, 1.82) is 0 Å². The molecule has 3 aliphatic heterocycles. The van der Waals surface area contributed by atoms with Crippen LogP contribution >= 0.6 is 0 Å². The van der Waals surface area contributed by atoms with Crippen LogP contribution in [0.2, 0.25) is 0 Å².